The molecule has 0 aliphatic carbocycles. The number of imidazole rings is 1. The van der Waals surface area contributed by atoms with Crippen LogP contribution >= 0.6 is 0 Å². The van der Waals surface area contributed by atoms with Gasteiger partial charge in [-0.1, -0.05) is 169 Å². The highest BCUT2D eigenvalue weighted by Crippen LogP contribution is 2.41. The lowest BCUT2D eigenvalue weighted by Gasteiger charge is -2.28. The van der Waals surface area contributed by atoms with E-state index in [4.69, 9.17) is 9.72 Å². The maximum Gasteiger partial charge on any atom is 0.269 e. The summed E-state index contributed by atoms with van der Waals surface area (Å²) in [5.41, 5.74) is 12.0. The summed E-state index contributed by atoms with van der Waals surface area (Å²) in [6, 6.07) is 54.9. The molecule has 5 heteroatoms. The van der Waals surface area contributed by atoms with Crippen molar-refractivity contribution in [3.63, 3.8) is 0 Å². The van der Waals surface area contributed by atoms with Crippen molar-refractivity contribution in [2.45, 2.75) is 117 Å². The van der Waals surface area contributed by atoms with Crippen molar-refractivity contribution in [2.75, 3.05) is 0 Å². The van der Waals surface area contributed by atoms with E-state index in [0.29, 0.717) is 0 Å². The first kappa shape index (κ1) is 45.4. The molecule has 3 aromatic heterocycles. The van der Waals surface area contributed by atoms with E-state index in [1.807, 2.05) is 6.20 Å². The minimum absolute atomic E-state index is 0.00509. The van der Waals surface area contributed by atoms with Crippen molar-refractivity contribution in [3.05, 3.63) is 209 Å². The van der Waals surface area contributed by atoms with Crippen LogP contribution in [0.2, 0.25) is 0 Å². The fraction of sp³-hybridized carbons (Fsp3) is 0.290. The molecule has 0 spiro atoms. The van der Waals surface area contributed by atoms with E-state index in [-0.39, 0.29) is 27.1 Å². The molecule has 9 aromatic rings. The molecule has 0 amide bonds. The van der Waals surface area contributed by atoms with Crippen molar-refractivity contribution in [1.82, 2.24) is 14.1 Å². The third-order valence-corrected chi connectivity index (χ3v) is 13.9. The largest absolute Gasteiger partial charge is 0.458 e. The third kappa shape index (κ3) is 8.73. The van der Waals surface area contributed by atoms with Gasteiger partial charge in [-0.05, 0) is 116 Å². The number of ether oxygens (including phenoxy) is 1. The highest BCUT2D eigenvalue weighted by molar-refractivity contribution is 6.10. The minimum atomic E-state index is -0.365. The predicted molar refractivity (Wildman–Crippen MR) is 278 cm³/mol. The van der Waals surface area contributed by atoms with E-state index < -0.39 is 0 Å². The Bertz CT molecular complexity index is 3250. The summed E-state index contributed by atoms with van der Waals surface area (Å²) in [7, 11) is 0. The lowest BCUT2D eigenvalue weighted by atomic mass is 9.78. The average Bonchev–Trinajstić information content (AvgIpc) is 3.89. The van der Waals surface area contributed by atoms with Crippen LogP contribution in [-0.4, -0.2) is 14.1 Å². The average molecular weight is 883 g/mol. The number of aromatic nitrogens is 4. The first-order valence-electron chi connectivity index (χ1n) is 23.8. The SMILES string of the molecule is CC(C)(C)c1cc(Oc2ccc3c4cc(C(C)(C)c5ccccc5)ccc4n(-c4cc(C(C)(C)C)ccn4)c3c2)cc(-n2[c-][n+](-c3cccc(C(C)(C)C)c3)cc2C(C)(C)c2ccccc2)c1. The number of hydrogen-bond donors (Lipinski definition) is 0. The quantitative estimate of drug-likeness (QED) is 0.107. The minimum Gasteiger partial charge on any atom is -0.458 e. The van der Waals surface area contributed by atoms with Gasteiger partial charge in [0, 0.05) is 40.1 Å². The zero-order valence-corrected chi connectivity index (χ0v) is 41.8. The summed E-state index contributed by atoms with van der Waals surface area (Å²) in [6.45, 7) is 29.6. The zero-order chi connectivity index (χ0) is 47.7. The number of fused-ring (bicyclic) bond motifs is 3. The van der Waals surface area contributed by atoms with Gasteiger partial charge >= 0.3 is 0 Å². The Balaban J connectivity index is 1.21. The second-order valence-electron chi connectivity index (χ2n) is 22.6. The predicted octanol–water partition coefficient (Wildman–Crippen LogP) is 15.4. The molecule has 6 aromatic carbocycles. The molecule has 0 aliphatic rings. The van der Waals surface area contributed by atoms with Gasteiger partial charge in [0.15, 0.2) is 0 Å². The highest BCUT2D eigenvalue weighted by Gasteiger charge is 2.30. The Morgan fingerprint density at radius 3 is 1.75 bits per heavy atom. The fourth-order valence-corrected chi connectivity index (χ4v) is 9.33. The normalized spacial score (nSPS) is 12.9. The Morgan fingerprint density at radius 1 is 0.463 bits per heavy atom. The van der Waals surface area contributed by atoms with Crippen LogP contribution in [0.3, 0.4) is 0 Å². The Morgan fingerprint density at radius 2 is 1.09 bits per heavy atom. The van der Waals surface area contributed by atoms with Gasteiger partial charge < -0.3 is 4.74 Å². The molecule has 0 saturated heterocycles. The Hall–Kier alpha value is -6.72. The number of pyridine rings is 1. The summed E-state index contributed by atoms with van der Waals surface area (Å²) in [5.74, 6) is 2.39. The molecule has 5 nitrogen and oxygen atoms in total. The summed E-state index contributed by atoms with van der Waals surface area (Å²) in [4.78, 5) is 5.02. The van der Waals surface area contributed by atoms with Gasteiger partial charge in [0.2, 0.25) is 0 Å². The molecule has 340 valence electrons. The first-order chi connectivity index (χ1) is 31.6. The third-order valence-electron chi connectivity index (χ3n) is 13.9. The molecule has 0 saturated carbocycles. The maximum absolute atomic E-state index is 7.07. The second kappa shape index (κ2) is 16.6. The molecule has 3 heterocycles. The van der Waals surface area contributed by atoms with Crippen molar-refractivity contribution >= 4 is 21.8 Å². The summed E-state index contributed by atoms with van der Waals surface area (Å²) < 4.78 is 13.8. The Labute approximate surface area is 398 Å². The van der Waals surface area contributed by atoms with Gasteiger partial charge in [0.1, 0.15) is 17.3 Å². The number of benzene rings is 6. The summed E-state index contributed by atoms with van der Waals surface area (Å²) in [6.07, 6.45) is 8.00. The van der Waals surface area contributed by atoms with Gasteiger partial charge in [0.05, 0.1) is 28.1 Å². The number of nitrogens with zero attached hydrogens (tertiary/aromatic N) is 4. The summed E-state index contributed by atoms with van der Waals surface area (Å²) >= 11 is 0. The van der Waals surface area contributed by atoms with Crippen molar-refractivity contribution in [3.8, 4) is 28.7 Å². The second-order valence-corrected chi connectivity index (χ2v) is 22.6. The van der Waals surface area contributed by atoms with E-state index in [9.17, 15) is 0 Å². The first-order valence-corrected chi connectivity index (χ1v) is 23.8. The molecule has 9 rings (SSSR count). The lowest BCUT2D eigenvalue weighted by Crippen LogP contribution is -2.29. The van der Waals surface area contributed by atoms with Gasteiger partial charge in [-0.25, -0.2) is 4.98 Å². The molecule has 0 radical (unpaired) electrons. The van der Waals surface area contributed by atoms with Crippen LogP contribution in [0.15, 0.2) is 164 Å². The van der Waals surface area contributed by atoms with Crippen LogP contribution in [0.4, 0.5) is 0 Å². The van der Waals surface area contributed by atoms with E-state index in [2.05, 4.69) is 268 Å². The molecule has 67 heavy (non-hydrogen) atoms. The maximum atomic E-state index is 7.07. The smallest absolute Gasteiger partial charge is 0.269 e. The molecular formula is C62H66N4O. The molecule has 0 aliphatic heterocycles. The van der Waals surface area contributed by atoms with Crippen LogP contribution < -0.4 is 9.30 Å². The zero-order valence-electron chi connectivity index (χ0n) is 41.8. The lowest BCUT2D eigenvalue weighted by molar-refractivity contribution is -0.599. The molecule has 0 fully saturated rings. The van der Waals surface area contributed by atoms with Gasteiger partial charge in [-0.3, -0.25) is 13.7 Å². The molecule has 0 unspecified atom stereocenters. The fourth-order valence-electron chi connectivity index (χ4n) is 9.33. The number of rotatable bonds is 9. The van der Waals surface area contributed by atoms with Crippen molar-refractivity contribution in [2.24, 2.45) is 0 Å². The molecule has 0 N–H and O–H groups in total. The van der Waals surface area contributed by atoms with Gasteiger partial charge in [-0.2, -0.15) is 0 Å². The van der Waals surface area contributed by atoms with Crippen LogP contribution in [0.1, 0.15) is 129 Å². The van der Waals surface area contributed by atoms with Crippen LogP contribution in [0.25, 0.3) is 39.0 Å². The summed E-state index contributed by atoms with van der Waals surface area (Å²) in [5, 5.41) is 2.33. The van der Waals surface area contributed by atoms with Gasteiger partial charge in [-0.15, -0.1) is 0 Å². The standard InChI is InChI=1S/C62H66N4O/c1-58(2,3)44-25-20-26-48(33-44)64-40-56(62(12,13)43-23-18-15-19-24-43)65(41-64)49-34-47(60(7,8)9)35-51(38-49)67-50-28-29-52-53-36-46(61(10,11)42-21-16-14-17-22-42)27-30-54(53)66(55(52)39-50)57-37-45(31-32-63-57)59(4,5)6/h14-40H,1-13H3. The van der Waals surface area contributed by atoms with E-state index in [1.165, 1.54) is 38.8 Å². The molecular weight excluding hydrogens is 817 g/mol. The van der Waals surface area contributed by atoms with Crippen LogP contribution in [-0.2, 0) is 27.1 Å². The van der Waals surface area contributed by atoms with Crippen LogP contribution in [0.5, 0.6) is 11.5 Å². The molecule has 0 atom stereocenters. The van der Waals surface area contributed by atoms with Gasteiger partial charge in [0.25, 0.3) is 6.33 Å². The van der Waals surface area contributed by atoms with E-state index in [1.54, 1.807) is 0 Å². The molecule has 0 bridgehead atoms. The number of hydrogen-bond acceptors (Lipinski definition) is 2. The van der Waals surface area contributed by atoms with Crippen molar-refractivity contribution in [1.29, 1.82) is 0 Å². The Kier molecular flexibility index (Phi) is 11.2. The van der Waals surface area contributed by atoms with E-state index >= 15 is 0 Å². The topological polar surface area (TPSA) is 35.9 Å². The highest BCUT2D eigenvalue weighted by atomic mass is 16.5. The monoisotopic (exact) mass is 883 g/mol. The van der Waals surface area contributed by atoms with E-state index in [0.717, 1.165) is 50.8 Å². The van der Waals surface area contributed by atoms with Crippen molar-refractivity contribution < 1.29 is 9.30 Å². The van der Waals surface area contributed by atoms with Crippen LogP contribution in [0, 0.1) is 6.33 Å².